The number of rotatable bonds is 7. The lowest BCUT2D eigenvalue weighted by atomic mass is 9.86. The Labute approximate surface area is 195 Å². The van der Waals surface area contributed by atoms with Crippen LogP contribution in [0.3, 0.4) is 0 Å². The average molecular weight is 471 g/mol. The molecule has 33 heavy (non-hydrogen) atoms. The fourth-order valence-corrected chi connectivity index (χ4v) is 8.21. The third kappa shape index (κ3) is 3.51. The first-order valence-electron chi connectivity index (χ1n) is 12.1. The largest absolute Gasteiger partial charge is 0.388 e. The molecule has 4 aliphatic rings. The average Bonchev–Trinajstić information content (AvgIpc) is 3.64. The van der Waals surface area contributed by atoms with Crippen molar-refractivity contribution in [1.29, 1.82) is 0 Å². The molecule has 1 saturated heterocycles. The summed E-state index contributed by atoms with van der Waals surface area (Å²) >= 11 is 0. The van der Waals surface area contributed by atoms with Gasteiger partial charge >= 0.3 is 0 Å². The SMILES string of the molecule is CC[C@@]1(c2cc(NS(=O)(=O)C3CC3)ccc2F)[C@@H]2CN(CC3(O)Cc4ccccc4C3)C[C@@H]21. The van der Waals surface area contributed by atoms with Gasteiger partial charge in [0.2, 0.25) is 10.0 Å². The lowest BCUT2D eigenvalue weighted by Gasteiger charge is -2.32. The van der Waals surface area contributed by atoms with Gasteiger partial charge in [-0.2, -0.15) is 0 Å². The first kappa shape index (κ1) is 21.6. The number of nitrogens with one attached hydrogen (secondary N) is 1. The van der Waals surface area contributed by atoms with Crippen LogP contribution in [0.25, 0.3) is 0 Å². The second kappa shape index (κ2) is 7.27. The van der Waals surface area contributed by atoms with Gasteiger partial charge in [0.05, 0.1) is 10.9 Å². The van der Waals surface area contributed by atoms with Crippen molar-refractivity contribution >= 4 is 15.7 Å². The Kier molecular flexibility index (Phi) is 4.75. The van der Waals surface area contributed by atoms with Crippen LogP contribution < -0.4 is 4.72 Å². The maximum atomic E-state index is 15.0. The molecule has 3 fully saturated rings. The smallest absolute Gasteiger partial charge is 0.235 e. The normalized spacial score (nSPS) is 30.2. The molecule has 0 spiro atoms. The van der Waals surface area contributed by atoms with Crippen LogP contribution in [0, 0.1) is 17.7 Å². The number of β-amino-alcohol motifs (C(OH)–C–C–N with tert-alkyl or cyclic N) is 1. The Bertz CT molecular complexity index is 1170. The monoisotopic (exact) mass is 470 g/mol. The fraction of sp³-hybridized carbons (Fsp3) is 0.538. The van der Waals surface area contributed by atoms with Crippen LogP contribution in [0.1, 0.15) is 42.9 Å². The van der Waals surface area contributed by atoms with Crippen LogP contribution >= 0.6 is 0 Å². The van der Waals surface area contributed by atoms with Gasteiger partial charge in [0.1, 0.15) is 5.82 Å². The van der Waals surface area contributed by atoms with Gasteiger partial charge in [0, 0.05) is 43.6 Å². The molecule has 5 nitrogen and oxygen atoms in total. The van der Waals surface area contributed by atoms with E-state index >= 15 is 4.39 Å². The van der Waals surface area contributed by atoms with Crippen molar-refractivity contribution in [3.05, 3.63) is 65.0 Å². The Morgan fingerprint density at radius 3 is 2.30 bits per heavy atom. The van der Waals surface area contributed by atoms with E-state index in [0.29, 0.717) is 55.3 Å². The van der Waals surface area contributed by atoms with E-state index in [-0.39, 0.29) is 16.5 Å². The predicted molar refractivity (Wildman–Crippen MR) is 126 cm³/mol. The zero-order chi connectivity index (χ0) is 23.0. The highest BCUT2D eigenvalue weighted by Gasteiger charge is 2.68. The van der Waals surface area contributed by atoms with Crippen LogP contribution in [0.2, 0.25) is 0 Å². The van der Waals surface area contributed by atoms with E-state index in [1.807, 2.05) is 12.1 Å². The van der Waals surface area contributed by atoms with Gasteiger partial charge < -0.3 is 5.11 Å². The second-order valence-corrected chi connectivity index (χ2v) is 12.6. The van der Waals surface area contributed by atoms with Gasteiger partial charge in [-0.1, -0.05) is 31.2 Å². The molecule has 2 aromatic rings. The Morgan fingerprint density at radius 2 is 1.73 bits per heavy atom. The molecule has 1 heterocycles. The molecule has 176 valence electrons. The van der Waals surface area contributed by atoms with E-state index in [1.165, 1.54) is 23.3 Å². The molecule has 0 unspecified atom stereocenters. The highest BCUT2D eigenvalue weighted by molar-refractivity contribution is 7.93. The van der Waals surface area contributed by atoms with Crippen LogP contribution in [0.4, 0.5) is 10.1 Å². The molecule has 2 N–H and O–H groups in total. The minimum atomic E-state index is -3.38. The number of aliphatic hydroxyl groups is 1. The summed E-state index contributed by atoms with van der Waals surface area (Å²) in [5, 5.41) is 10.9. The quantitative estimate of drug-likeness (QED) is 0.650. The molecular weight excluding hydrogens is 439 g/mol. The number of hydrogen-bond acceptors (Lipinski definition) is 4. The number of benzene rings is 2. The predicted octanol–water partition coefficient (Wildman–Crippen LogP) is 3.47. The maximum Gasteiger partial charge on any atom is 0.235 e. The van der Waals surface area contributed by atoms with Crippen LogP contribution in [-0.4, -0.2) is 48.9 Å². The maximum absolute atomic E-state index is 15.0. The summed E-state index contributed by atoms with van der Waals surface area (Å²) in [6.07, 6.45) is 3.58. The van der Waals surface area contributed by atoms with Crippen molar-refractivity contribution in [2.45, 2.75) is 55.3 Å². The molecule has 2 saturated carbocycles. The fourth-order valence-electron chi connectivity index (χ4n) is 6.83. The van der Waals surface area contributed by atoms with Crippen molar-refractivity contribution < 1.29 is 17.9 Å². The first-order chi connectivity index (χ1) is 15.7. The molecule has 0 amide bonds. The third-order valence-electron chi connectivity index (χ3n) is 8.56. The topological polar surface area (TPSA) is 69.6 Å². The molecule has 0 aromatic heterocycles. The van der Waals surface area contributed by atoms with Gasteiger partial charge in [-0.3, -0.25) is 9.62 Å². The van der Waals surface area contributed by atoms with E-state index in [4.69, 9.17) is 0 Å². The zero-order valence-corrected chi connectivity index (χ0v) is 19.7. The van der Waals surface area contributed by atoms with Gasteiger partial charge in [0.15, 0.2) is 0 Å². The van der Waals surface area contributed by atoms with E-state index in [0.717, 1.165) is 19.5 Å². The first-order valence-corrected chi connectivity index (χ1v) is 13.6. The number of fused-ring (bicyclic) bond motifs is 2. The summed E-state index contributed by atoms with van der Waals surface area (Å²) in [4.78, 5) is 2.34. The molecule has 3 atom stereocenters. The number of piperidine rings is 1. The summed E-state index contributed by atoms with van der Waals surface area (Å²) in [6.45, 7) is 4.42. The summed E-state index contributed by atoms with van der Waals surface area (Å²) < 4.78 is 42.4. The molecule has 1 aliphatic heterocycles. The molecule has 0 radical (unpaired) electrons. The molecule has 3 aliphatic carbocycles. The number of nitrogens with zero attached hydrogens (tertiary/aromatic N) is 1. The van der Waals surface area contributed by atoms with Crippen LogP contribution in [0.5, 0.6) is 0 Å². The van der Waals surface area contributed by atoms with Crippen molar-refractivity contribution in [2.24, 2.45) is 11.8 Å². The highest BCUT2D eigenvalue weighted by atomic mass is 32.2. The number of sulfonamides is 1. The summed E-state index contributed by atoms with van der Waals surface area (Å²) in [5.74, 6) is 0.413. The summed E-state index contributed by atoms with van der Waals surface area (Å²) in [5.41, 5.74) is 2.60. The van der Waals surface area contributed by atoms with E-state index < -0.39 is 15.6 Å². The van der Waals surface area contributed by atoms with Gasteiger partial charge in [0.25, 0.3) is 0 Å². The number of hydrogen-bond donors (Lipinski definition) is 2. The molecule has 2 aromatic carbocycles. The summed E-state index contributed by atoms with van der Waals surface area (Å²) in [6, 6.07) is 12.9. The van der Waals surface area contributed by atoms with Crippen LogP contribution in [-0.2, 0) is 28.3 Å². The minimum absolute atomic E-state index is 0.247. The molecule has 0 bridgehead atoms. The van der Waals surface area contributed by atoms with Crippen LogP contribution in [0.15, 0.2) is 42.5 Å². The number of anilines is 1. The van der Waals surface area contributed by atoms with Crippen molar-refractivity contribution in [2.75, 3.05) is 24.4 Å². The van der Waals surface area contributed by atoms with Gasteiger partial charge in [-0.25, -0.2) is 12.8 Å². The lowest BCUT2D eigenvalue weighted by Crippen LogP contribution is -2.45. The number of likely N-dealkylation sites (tertiary alicyclic amines) is 1. The Hall–Kier alpha value is -1.96. The van der Waals surface area contributed by atoms with Crippen molar-refractivity contribution in [3.63, 3.8) is 0 Å². The second-order valence-electron chi connectivity index (χ2n) is 10.7. The van der Waals surface area contributed by atoms with Gasteiger partial charge in [-0.05, 0) is 66.0 Å². The van der Waals surface area contributed by atoms with E-state index in [2.05, 4.69) is 28.7 Å². The molecule has 6 rings (SSSR count). The van der Waals surface area contributed by atoms with Gasteiger partial charge in [-0.15, -0.1) is 0 Å². The summed E-state index contributed by atoms with van der Waals surface area (Å²) in [7, 11) is -3.38. The van der Waals surface area contributed by atoms with Crippen molar-refractivity contribution in [3.8, 4) is 0 Å². The third-order valence-corrected chi connectivity index (χ3v) is 10.4. The molecule has 7 heteroatoms. The lowest BCUT2D eigenvalue weighted by molar-refractivity contribution is 0.0138. The Morgan fingerprint density at radius 1 is 1.09 bits per heavy atom. The van der Waals surface area contributed by atoms with Crippen molar-refractivity contribution in [1.82, 2.24) is 4.90 Å². The number of halogens is 1. The highest BCUT2D eigenvalue weighted by Crippen LogP contribution is 2.66. The minimum Gasteiger partial charge on any atom is -0.388 e. The standard InChI is InChI=1S/C26H31FN2O3S/c1-2-26(21-11-19(7-10-24(21)27)28-33(31,32)20-8-9-20)22-14-29(15-23(22)26)16-25(30)12-17-5-3-4-6-18(17)13-25/h3-7,10-11,20,22-23,28,30H,2,8-9,12-16H2,1H3/t22-,23+,26-. The Balaban J connectivity index is 1.17. The van der Waals surface area contributed by atoms with E-state index in [9.17, 15) is 13.5 Å². The zero-order valence-electron chi connectivity index (χ0n) is 18.9. The molecular formula is C26H31FN2O3S. The van der Waals surface area contributed by atoms with E-state index in [1.54, 1.807) is 6.07 Å².